The molecule has 0 spiro atoms. The second-order valence-corrected chi connectivity index (χ2v) is 6.92. The van der Waals surface area contributed by atoms with Crippen molar-refractivity contribution in [3.05, 3.63) is 58.1 Å². The van der Waals surface area contributed by atoms with Crippen LogP contribution in [0.3, 0.4) is 0 Å². The fourth-order valence-electron chi connectivity index (χ4n) is 2.04. The van der Waals surface area contributed by atoms with E-state index in [1.807, 2.05) is 0 Å². The zero-order valence-corrected chi connectivity index (χ0v) is 13.6. The van der Waals surface area contributed by atoms with Crippen LogP contribution in [0.15, 0.2) is 41.3 Å². The normalized spacial score (nSPS) is 11.2. The number of primary amides is 1. The van der Waals surface area contributed by atoms with E-state index < -0.39 is 15.9 Å². The van der Waals surface area contributed by atoms with Crippen LogP contribution in [0.2, 0.25) is 5.02 Å². The lowest BCUT2D eigenvalue weighted by Crippen LogP contribution is -2.15. The number of hydrogen-bond donors (Lipinski definition) is 2. The van der Waals surface area contributed by atoms with Gasteiger partial charge < -0.3 is 5.73 Å². The smallest absolute Gasteiger partial charge is 0.263 e. The minimum Gasteiger partial charge on any atom is -0.366 e. The summed E-state index contributed by atoms with van der Waals surface area (Å²) in [4.78, 5) is 11.2. The van der Waals surface area contributed by atoms with Crippen molar-refractivity contribution >= 4 is 33.2 Å². The Labute approximate surface area is 134 Å². The number of carbonyl (C=O) groups excluding carboxylic acids is 1. The van der Waals surface area contributed by atoms with Crippen molar-refractivity contribution in [1.29, 1.82) is 0 Å². The van der Waals surface area contributed by atoms with Gasteiger partial charge in [-0.15, -0.1) is 0 Å². The molecule has 0 heterocycles. The van der Waals surface area contributed by atoms with Crippen molar-refractivity contribution < 1.29 is 13.2 Å². The zero-order valence-electron chi connectivity index (χ0n) is 12.1. The molecule has 116 valence electrons. The van der Waals surface area contributed by atoms with Gasteiger partial charge in [0, 0.05) is 11.3 Å². The third-order valence-electron chi connectivity index (χ3n) is 3.19. The van der Waals surface area contributed by atoms with E-state index in [4.69, 9.17) is 17.3 Å². The number of hydrogen-bond acceptors (Lipinski definition) is 3. The van der Waals surface area contributed by atoms with E-state index >= 15 is 0 Å². The maximum atomic E-state index is 12.4. The first-order valence-electron chi connectivity index (χ1n) is 6.41. The maximum absolute atomic E-state index is 12.4. The first-order valence-corrected chi connectivity index (χ1v) is 8.27. The molecular formula is C15H15ClN2O3S. The topological polar surface area (TPSA) is 89.3 Å². The minimum atomic E-state index is -3.81. The number of carbonyl (C=O) groups is 1. The Balaban J connectivity index is 2.39. The van der Waals surface area contributed by atoms with Gasteiger partial charge in [0.25, 0.3) is 10.0 Å². The standard InChI is InChI=1S/C15H15ClN2O3S/c1-9-4-3-5-13(14(9)16)22(20,21)18-11-6-7-12(15(17)19)10(2)8-11/h3-8,18H,1-2H3,(H2,17,19). The summed E-state index contributed by atoms with van der Waals surface area (Å²) in [5.41, 5.74) is 7.16. The van der Waals surface area contributed by atoms with Crippen LogP contribution < -0.4 is 10.5 Å². The number of benzene rings is 2. The van der Waals surface area contributed by atoms with E-state index in [-0.39, 0.29) is 9.92 Å². The van der Waals surface area contributed by atoms with E-state index in [1.54, 1.807) is 32.0 Å². The summed E-state index contributed by atoms with van der Waals surface area (Å²) in [6.45, 7) is 3.41. The van der Waals surface area contributed by atoms with Gasteiger partial charge in [0.2, 0.25) is 5.91 Å². The molecule has 0 fully saturated rings. The van der Waals surface area contributed by atoms with Gasteiger partial charge in [-0.25, -0.2) is 8.42 Å². The van der Waals surface area contributed by atoms with Gasteiger partial charge >= 0.3 is 0 Å². The van der Waals surface area contributed by atoms with Crippen molar-refractivity contribution in [2.45, 2.75) is 18.7 Å². The first kappa shape index (κ1) is 16.3. The highest BCUT2D eigenvalue weighted by Gasteiger charge is 2.19. The number of aryl methyl sites for hydroxylation is 2. The first-order chi connectivity index (χ1) is 10.2. The molecule has 0 aliphatic carbocycles. The van der Waals surface area contributed by atoms with Crippen LogP contribution in [0, 0.1) is 13.8 Å². The molecule has 0 aliphatic heterocycles. The third-order valence-corrected chi connectivity index (χ3v) is 5.23. The SMILES string of the molecule is Cc1cc(NS(=O)(=O)c2cccc(C)c2Cl)ccc1C(N)=O. The second-order valence-electron chi connectivity index (χ2n) is 4.89. The van der Waals surface area contributed by atoms with Gasteiger partial charge in [-0.2, -0.15) is 0 Å². The van der Waals surface area contributed by atoms with E-state index in [0.717, 1.165) is 0 Å². The van der Waals surface area contributed by atoms with Crippen LogP contribution >= 0.6 is 11.6 Å². The molecule has 3 N–H and O–H groups in total. The number of amides is 1. The number of nitrogens with one attached hydrogen (secondary N) is 1. The molecule has 5 nitrogen and oxygen atoms in total. The van der Waals surface area contributed by atoms with Crippen molar-refractivity contribution in [2.75, 3.05) is 4.72 Å². The number of nitrogens with two attached hydrogens (primary N) is 1. The molecule has 0 atom stereocenters. The Bertz CT molecular complexity index is 848. The molecule has 0 aliphatic rings. The van der Waals surface area contributed by atoms with E-state index in [0.29, 0.717) is 22.4 Å². The van der Waals surface area contributed by atoms with Crippen LogP contribution in [-0.2, 0) is 10.0 Å². The van der Waals surface area contributed by atoms with Crippen LogP contribution in [0.1, 0.15) is 21.5 Å². The average Bonchev–Trinajstić information content (AvgIpc) is 2.40. The van der Waals surface area contributed by atoms with E-state index in [2.05, 4.69) is 4.72 Å². The number of halogens is 1. The summed E-state index contributed by atoms with van der Waals surface area (Å²) in [5, 5.41) is 0.181. The lowest BCUT2D eigenvalue weighted by Gasteiger charge is -2.12. The number of rotatable bonds is 4. The maximum Gasteiger partial charge on any atom is 0.263 e. The lowest BCUT2D eigenvalue weighted by molar-refractivity contribution is 0.0999. The van der Waals surface area contributed by atoms with Crippen LogP contribution in [0.25, 0.3) is 0 Å². The molecule has 22 heavy (non-hydrogen) atoms. The number of anilines is 1. The minimum absolute atomic E-state index is 0.00537. The summed E-state index contributed by atoms with van der Waals surface area (Å²) < 4.78 is 27.3. The fraction of sp³-hybridized carbons (Fsp3) is 0.133. The van der Waals surface area contributed by atoms with Crippen molar-refractivity contribution in [2.24, 2.45) is 5.73 Å². The molecule has 1 amide bonds. The average molecular weight is 339 g/mol. The Morgan fingerprint density at radius 3 is 2.41 bits per heavy atom. The predicted molar refractivity (Wildman–Crippen MR) is 86.7 cm³/mol. The Kier molecular flexibility index (Phi) is 4.44. The van der Waals surface area contributed by atoms with Crippen molar-refractivity contribution in [1.82, 2.24) is 0 Å². The zero-order chi connectivity index (χ0) is 16.5. The largest absolute Gasteiger partial charge is 0.366 e. The fourth-order valence-corrected chi connectivity index (χ4v) is 3.67. The molecule has 0 saturated heterocycles. The molecule has 0 bridgehead atoms. The summed E-state index contributed by atoms with van der Waals surface area (Å²) in [6.07, 6.45) is 0. The molecule has 2 aromatic carbocycles. The van der Waals surface area contributed by atoms with Gasteiger partial charge in [0.05, 0.1) is 5.02 Å². The molecular weight excluding hydrogens is 324 g/mol. The third kappa shape index (κ3) is 3.23. The van der Waals surface area contributed by atoms with Gasteiger partial charge in [0.15, 0.2) is 0 Å². The summed E-state index contributed by atoms with van der Waals surface area (Å²) in [6, 6.07) is 9.29. The molecule has 7 heteroatoms. The van der Waals surface area contributed by atoms with E-state index in [1.165, 1.54) is 18.2 Å². The molecule has 2 rings (SSSR count). The molecule has 0 radical (unpaired) electrons. The molecule has 0 aromatic heterocycles. The quantitative estimate of drug-likeness (QED) is 0.898. The van der Waals surface area contributed by atoms with Gasteiger partial charge in [-0.3, -0.25) is 9.52 Å². The highest BCUT2D eigenvalue weighted by molar-refractivity contribution is 7.92. The van der Waals surface area contributed by atoms with Crippen LogP contribution in [0.4, 0.5) is 5.69 Å². The van der Waals surface area contributed by atoms with Crippen LogP contribution in [0.5, 0.6) is 0 Å². The molecule has 0 saturated carbocycles. The van der Waals surface area contributed by atoms with Crippen molar-refractivity contribution in [3.63, 3.8) is 0 Å². The summed E-state index contributed by atoms with van der Waals surface area (Å²) in [5.74, 6) is -0.561. The Morgan fingerprint density at radius 2 is 1.82 bits per heavy atom. The Hall–Kier alpha value is -2.05. The van der Waals surface area contributed by atoms with Gasteiger partial charge in [-0.1, -0.05) is 23.7 Å². The summed E-state index contributed by atoms with van der Waals surface area (Å²) in [7, 11) is -3.81. The highest BCUT2D eigenvalue weighted by Crippen LogP contribution is 2.27. The summed E-state index contributed by atoms with van der Waals surface area (Å²) >= 11 is 6.06. The van der Waals surface area contributed by atoms with Crippen molar-refractivity contribution in [3.8, 4) is 0 Å². The van der Waals surface area contributed by atoms with Gasteiger partial charge in [-0.05, 0) is 49.2 Å². The molecule has 2 aromatic rings. The second kappa shape index (κ2) is 5.98. The Morgan fingerprint density at radius 1 is 1.14 bits per heavy atom. The number of sulfonamides is 1. The predicted octanol–water partition coefficient (Wildman–Crippen LogP) is 2.86. The molecule has 0 unspecified atom stereocenters. The lowest BCUT2D eigenvalue weighted by atomic mass is 10.1. The van der Waals surface area contributed by atoms with Gasteiger partial charge in [0.1, 0.15) is 4.90 Å². The highest BCUT2D eigenvalue weighted by atomic mass is 35.5. The van der Waals surface area contributed by atoms with E-state index in [9.17, 15) is 13.2 Å². The van der Waals surface area contributed by atoms with Crippen LogP contribution in [-0.4, -0.2) is 14.3 Å². The monoisotopic (exact) mass is 338 g/mol.